The van der Waals surface area contributed by atoms with Crippen LogP contribution in [0, 0.1) is 0 Å². The molecule has 0 aromatic carbocycles. The topological polar surface area (TPSA) is 55.4 Å². The lowest BCUT2D eigenvalue weighted by molar-refractivity contribution is 0.0712. The maximum atomic E-state index is 5.66. The van der Waals surface area contributed by atoms with Gasteiger partial charge in [-0.2, -0.15) is 0 Å². The first kappa shape index (κ1) is 27.0. The Morgan fingerprint density at radius 1 is 0.625 bits per heavy atom. The van der Waals surface area contributed by atoms with Crippen LogP contribution in [-0.2, 0) is 26.6 Å². The Balaban J connectivity index is 0. The van der Waals surface area contributed by atoms with E-state index in [1.54, 1.807) is 21.3 Å². The third-order valence-corrected chi connectivity index (χ3v) is 9.70. The first-order valence-corrected chi connectivity index (χ1v) is 13.1. The summed E-state index contributed by atoms with van der Waals surface area (Å²) < 4.78 is 32.2. The van der Waals surface area contributed by atoms with Gasteiger partial charge in [-0.05, 0) is 27.2 Å². The molecule has 10 heteroatoms. The maximum absolute atomic E-state index is 5.66. The van der Waals surface area contributed by atoms with Crippen molar-refractivity contribution in [3.05, 3.63) is 0 Å². The lowest BCUT2D eigenvalue weighted by atomic mass is 10.6. The minimum atomic E-state index is -2.40. The van der Waals surface area contributed by atoms with Gasteiger partial charge in [0.25, 0.3) is 0 Å². The second-order valence-electron chi connectivity index (χ2n) is 4.51. The highest BCUT2D eigenvalue weighted by atomic mass is 35.5. The Kier molecular flexibility index (Phi) is 19.3. The Morgan fingerprint density at radius 2 is 1.04 bits per heavy atom. The van der Waals surface area contributed by atoms with E-state index in [-0.39, 0.29) is 0 Å². The average Bonchev–Trinajstić information content (AvgIpc) is 2.59. The molecule has 0 aromatic rings. The van der Waals surface area contributed by atoms with Gasteiger partial charge in [0, 0.05) is 65.0 Å². The summed E-state index contributed by atoms with van der Waals surface area (Å²) in [6, 6.07) is 1.46. The average molecular weight is 425 g/mol. The molecule has 0 aliphatic carbocycles. The highest BCUT2D eigenvalue weighted by Gasteiger charge is 2.39. The first-order valence-electron chi connectivity index (χ1n) is 8.18. The normalized spacial score (nSPS) is 12.0. The Bertz CT molecular complexity index is 248. The van der Waals surface area contributed by atoms with Crippen molar-refractivity contribution in [2.24, 2.45) is 0 Å². The molecule has 0 aromatic heterocycles. The van der Waals surface area contributed by atoms with Gasteiger partial charge in [0.2, 0.25) is 0 Å². The first-order chi connectivity index (χ1) is 11.5. The van der Waals surface area contributed by atoms with Crippen molar-refractivity contribution in [3.8, 4) is 0 Å². The molecule has 0 spiro atoms. The van der Waals surface area contributed by atoms with Gasteiger partial charge in [0.05, 0.1) is 0 Å². The molecule has 0 N–H and O–H groups in total. The molecule has 0 aliphatic rings. The van der Waals surface area contributed by atoms with Gasteiger partial charge >= 0.3 is 17.6 Å². The zero-order valence-corrected chi connectivity index (χ0v) is 19.4. The Labute approximate surface area is 159 Å². The van der Waals surface area contributed by atoms with E-state index in [4.69, 9.17) is 49.8 Å². The van der Waals surface area contributed by atoms with Crippen LogP contribution in [0.1, 0.15) is 27.2 Å². The maximum Gasteiger partial charge on any atom is 0.501 e. The van der Waals surface area contributed by atoms with Crippen LogP contribution in [0.3, 0.4) is 0 Å². The molecule has 6 nitrogen and oxygen atoms in total. The van der Waals surface area contributed by atoms with Crippen LogP contribution in [0.15, 0.2) is 0 Å². The molecule has 0 saturated carbocycles. The second-order valence-corrected chi connectivity index (χ2v) is 11.1. The third kappa shape index (κ3) is 11.4. The fourth-order valence-electron chi connectivity index (χ4n) is 1.96. The number of hydrogen-bond acceptors (Lipinski definition) is 6. The summed E-state index contributed by atoms with van der Waals surface area (Å²) in [7, 11) is -0.0248. The molecule has 0 radical (unpaired) electrons. The summed E-state index contributed by atoms with van der Waals surface area (Å²) in [6.45, 7) is 7.78. The molecular formula is C14H34Cl2O6Si2. The highest BCUT2D eigenvalue weighted by Crippen LogP contribution is 2.18. The van der Waals surface area contributed by atoms with E-state index in [1.165, 1.54) is 0 Å². The molecule has 0 heterocycles. The van der Waals surface area contributed by atoms with Gasteiger partial charge < -0.3 is 26.6 Å². The van der Waals surface area contributed by atoms with E-state index in [0.29, 0.717) is 37.6 Å². The predicted molar refractivity (Wildman–Crippen MR) is 103 cm³/mol. The molecule has 0 fully saturated rings. The predicted octanol–water partition coefficient (Wildman–Crippen LogP) is 3.77. The van der Waals surface area contributed by atoms with Crippen molar-refractivity contribution in [3.63, 3.8) is 0 Å². The number of alkyl halides is 2. The zero-order valence-electron chi connectivity index (χ0n) is 15.9. The second kappa shape index (κ2) is 17.2. The Hall–Kier alpha value is 0.774. The Morgan fingerprint density at radius 3 is 1.25 bits per heavy atom. The van der Waals surface area contributed by atoms with E-state index in [1.807, 2.05) is 20.8 Å². The van der Waals surface area contributed by atoms with Crippen LogP contribution >= 0.6 is 23.2 Å². The lowest BCUT2D eigenvalue weighted by Crippen LogP contribution is -2.46. The molecule has 0 aliphatic heterocycles. The SMILES string of the molecule is CCO[Si](CCCCl)(OCC)OCC.CO[Si](CCCl)(OC)OC. The van der Waals surface area contributed by atoms with Crippen LogP contribution in [0.2, 0.25) is 12.1 Å². The van der Waals surface area contributed by atoms with E-state index in [2.05, 4.69) is 0 Å². The van der Waals surface area contributed by atoms with Gasteiger partial charge in [0.15, 0.2) is 0 Å². The van der Waals surface area contributed by atoms with E-state index < -0.39 is 17.6 Å². The quantitative estimate of drug-likeness (QED) is 0.312. The summed E-state index contributed by atoms with van der Waals surface area (Å²) in [4.78, 5) is 0. The molecule has 0 unspecified atom stereocenters. The van der Waals surface area contributed by atoms with Crippen LogP contribution < -0.4 is 0 Å². The smallest absolute Gasteiger partial charge is 0.377 e. The monoisotopic (exact) mass is 424 g/mol. The largest absolute Gasteiger partial charge is 0.501 e. The van der Waals surface area contributed by atoms with Crippen LogP contribution in [0.5, 0.6) is 0 Å². The summed E-state index contributed by atoms with van der Waals surface area (Å²) in [5.41, 5.74) is 0. The van der Waals surface area contributed by atoms with Crippen molar-refractivity contribution in [2.75, 3.05) is 52.9 Å². The molecule has 24 heavy (non-hydrogen) atoms. The van der Waals surface area contributed by atoms with E-state index in [0.717, 1.165) is 12.5 Å². The molecule has 0 saturated heterocycles. The van der Waals surface area contributed by atoms with Gasteiger partial charge in [-0.15, -0.1) is 23.2 Å². The van der Waals surface area contributed by atoms with E-state index >= 15 is 0 Å². The van der Waals surface area contributed by atoms with Crippen LogP contribution in [0.25, 0.3) is 0 Å². The van der Waals surface area contributed by atoms with Crippen molar-refractivity contribution in [1.82, 2.24) is 0 Å². The molecule has 0 bridgehead atoms. The van der Waals surface area contributed by atoms with Gasteiger partial charge in [0.1, 0.15) is 0 Å². The third-order valence-electron chi connectivity index (χ3n) is 3.04. The van der Waals surface area contributed by atoms with Gasteiger partial charge in [-0.3, -0.25) is 0 Å². The van der Waals surface area contributed by atoms with Crippen molar-refractivity contribution >= 4 is 40.8 Å². The summed E-state index contributed by atoms with van der Waals surface area (Å²) in [5, 5.41) is 0. The van der Waals surface area contributed by atoms with Crippen molar-refractivity contribution in [2.45, 2.75) is 39.3 Å². The van der Waals surface area contributed by atoms with Crippen molar-refractivity contribution in [1.29, 1.82) is 0 Å². The van der Waals surface area contributed by atoms with Gasteiger partial charge in [-0.1, -0.05) is 0 Å². The molecule has 0 atom stereocenters. The van der Waals surface area contributed by atoms with Crippen LogP contribution in [0.4, 0.5) is 0 Å². The van der Waals surface area contributed by atoms with Gasteiger partial charge in [-0.25, -0.2) is 0 Å². The van der Waals surface area contributed by atoms with E-state index in [9.17, 15) is 0 Å². The molecular weight excluding hydrogens is 391 g/mol. The zero-order chi connectivity index (χ0) is 18.9. The fraction of sp³-hybridized carbons (Fsp3) is 1.00. The summed E-state index contributed by atoms with van der Waals surface area (Å²) in [6.07, 6.45) is 0.883. The van der Waals surface area contributed by atoms with Crippen molar-refractivity contribution < 1.29 is 26.6 Å². The molecule has 0 rings (SSSR count). The number of halogens is 2. The standard InChI is InChI=1S/C9H21ClO3Si.C5H13ClO3Si/c1-4-11-14(12-5-2,13-6-3)9-7-8-10;1-7-10(8-2,9-3)5-4-6/h4-9H2,1-3H3;4-5H2,1-3H3. The minimum Gasteiger partial charge on any atom is -0.377 e. The highest BCUT2D eigenvalue weighted by molar-refractivity contribution is 6.61. The summed E-state index contributed by atoms with van der Waals surface area (Å²) in [5.74, 6) is 1.13. The molecule has 0 amide bonds. The lowest BCUT2D eigenvalue weighted by Gasteiger charge is -2.28. The fourth-order valence-corrected chi connectivity index (χ4v) is 6.96. The summed E-state index contributed by atoms with van der Waals surface area (Å²) >= 11 is 11.2. The minimum absolute atomic E-state index is 0.502. The molecule has 148 valence electrons. The number of rotatable bonds is 14. The number of hydrogen-bond donors (Lipinski definition) is 0. The van der Waals surface area contributed by atoms with Crippen LogP contribution in [-0.4, -0.2) is 70.5 Å².